The number of carbonyl (C=O) groups excluding carboxylic acids is 2. The lowest BCUT2D eigenvalue weighted by Gasteiger charge is -2.37. The van der Waals surface area contributed by atoms with E-state index < -0.39 is 34.3 Å². The molecule has 0 spiro atoms. The van der Waals surface area contributed by atoms with Crippen molar-refractivity contribution in [2.45, 2.75) is 84.0 Å². The minimum atomic E-state index is -4.72. The van der Waals surface area contributed by atoms with Gasteiger partial charge in [0.25, 0.3) is 17.4 Å². The first kappa shape index (κ1) is 30.8. The monoisotopic (exact) mass is 619 g/mol. The van der Waals surface area contributed by atoms with E-state index in [1.807, 2.05) is 13.8 Å². The first-order chi connectivity index (χ1) is 20.0. The Morgan fingerprint density at radius 3 is 2.47 bits per heavy atom. The number of benzene rings is 1. The lowest BCUT2D eigenvalue weighted by molar-refractivity contribution is -0.137. The van der Waals surface area contributed by atoms with E-state index in [1.54, 1.807) is 42.6 Å². The zero-order chi connectivity index (χ0) is 31.6. The number of carbonyl (C=O) groups is 2. The first-order valence-corrected chi connectivity index (χ1v) is 14.4. The Bertz CT molecular complexity index is 1660. The molecule has 0 bridgehead atoms. The molecule has 230 valence electrons. The summed E-state index contributed by atoms with van der Waals surface area (Å²) in [7, 11) is 0. The van der Waals surface area contributed by atoms with Crippen LogP contribution in [0.1, 0.15) is 89.9 Å². The molecule has 0 radical (unpaired) electrons. The normalized spacial score (nSPS) is 19.7. The predicted octanol–water partition coefficient (Wildman–Crippen LogP) is 4.85. The summed E-state index contributed by atoms with van der Waals surface area (Å²) in [5, 5.41) is 14.3. The molecule has 5 rings (SSSR count). The fraction of sp³-hybridized carbons (Fsp3) is 0.467. The summed E-state index contributed by atoms with van der Waals surface area (Å²) in [6.45, 7) is 9.22. The predicted molar refractivity (Wildman–Crippen MR) is 153 cm³/mol. The van der Waals surface area contributed by atoms with E-state index in [9.17, 15) is 32.7 Å². The van der Waals surface area contributed by atoms with Gasteiger partial charge in [-0.15, -0.1) is 0 Å². The second kappa shape index (κ2) is 10.8. The zero-order valence-corrected chi connectivity index (χ0v) is 25.2. The second-order valence-electron chi connectivity index (χ2n) is 12.1. The third-order valence-electron chi connectivity index (χ3n) is 8.09. The molecule has 0 saturated carbocycles. The third-order valence-corrected chi connectivity index (χ3v) is 8.42. The summed E-state index contributed by atoms with van der Waals surface area (Å²) in [6.07, 6.45) is -2.79. The van der Waals surface area contributed by atoms with Crippen molar-refractivity contribution in [3.05, 3.63) is 85.5 Å². The smallest absolute Gasteiger partial charge is 0.389 e. The quantitative estimate of drug-likeness (QED) is 0.440. The van der Waals surface area contributed by atoms with Gasteiger partial charge < -0.3 is 19.5 Å². The van der Waals surface area contributed by atoms with Crippen molar-refractivity contribution in [1.29, 1.82) is 0 Å². The molecule has 1 N–H and O–H groups in total. The molecule has 2 aromatic heterocycles. The Morgan fingerprint density at radius 2 is 1.84 bits per heavy atom. The molecule has 2 aliphatic rings. The molecule has 0 saturated heterocycles. The number of alkyl halides is 3. The molecule has 13 heteroatoms. The molecule has 0 unspecified atom stereocenters. The average Bonchev–Trinajstić information content (AvgIpc) is 3.28. The maximum absolute atomic E-state index is 14.0. The number of rotatable bonds is 5. The Balaban J connectivity index is 1.44. The molecule has 0 fully saturated rings. The van der Waals surface area contributed by atoms with E-state index in [2.05, 4.69) is 0 Å². The van der Waals surface area contributed by atoms with Crippen molar-refractivity contribution >= 4 is 23.4 Å². The van der Waals surface area contributed by atoms with Crippen LogP contribution in [0.3, 0.4) is 0 Å². The van der Waals surface area contributed by atoms with Crippen LogP contribution >= 0.6 is 11.6 Å². The van der Waals surface area contributed by atoms with Gasteiger partial charge >= 0.3 is 6.18 Å². The van der Waals surface area contributed by atoms with Crippen LogP contribution in [-0.2, 0) is 25.7 Å². The molecule has 2 aliphatic heterocycles. The molecule has 1 aromatic carbocycles. The van der Waals surface area contributed by atoms with Crippen molar-refractivity contribution in [3.63, 3.8) is 0 Å². The van der Waals surface area contributed by atoms with E-state index >= 15 is 0 Å². The van der Waals surface area contributed by atoms with Gasteiger partial charge in [-0.25, -0.2) is 0 Å². The summed E-state index contributed by atoms with van der Waals surface area (Å²) >= 11 is 5.76. The van der Waals surface area contributed by atoms with E-state index in [1.165, 1.54) is 21.6 Å². The van der Waals surface area contributed by atoms with Crippen molar-refractivity contribution < 1.29 is 27.9 Å². The van der Waals surface area contributed by atoms with Crippen molar-refractivity contribution in [2.75, 3.05) is 6.54 Å². The molecule has 0 aliphatic carbocycles. The van der Waals surface area contributed by atoms with Crippen LogP contribution in [0.5, 0.6) is 0 Å². The number of hydrogen-bond acceptors (Lipinski definition) is 5. The highest BCUT2D eigenvalue weighted by molar-refractivity contribution is 6.31. The molecular weight excluding hydrogens is 587 g/mol. The number of halogens is 4. The Labute approximate surface area is 251 Å². The van der Waals surface area contributed by atoms with E-state index in [0.29, 0.717) is 35.5 Å². The van der Waals surface area contributed by atoms with Gasteiger partial charge in [0, 0.05) is 42.4 Å². The van der Waals surface area contributed by atoms with Gasteiger partial charge in [0.05, 0.1) is 47.1 Å². The van der Waals surface area contributed by atoms with Crippen molar-refractivity contribution in [1.82, 2.24) is 24.1 Å². The van der Waals surface area contributed by atoms with Crippen LogP contribution in [0.25, 0.3) is 0 Å². The van der Waals surface area contributed by atoms with Gasteiger partial charge in [-0.1, -0.05) is 11.6 Å². The maximum Gasteiger partial charge on any atom is 0.417 e. The Kier molecular flexibility index (Phi) is 7.75. The first-order valence-electron chi connectivity index (χ1n) is 14.0. The second-order valence-corrected chi connectivity index (χ2v) is 12.5. The minimum absolute atomic E-state index is 0.00230. The van der Waals surface area contributed by atoms with Crippen LogP contribution in [0.2, 0.25) is 5.02 Å². The number of hydrogen-bond donors (Lipinski definition) is 1. The van der Waals surface area contributed by atoms with Crippen molar-refractivity contribution in [3.8, 4) is 0 Å². The molecule has 9 nitrogen and oxygen atoms in total. The number of amides is 2. The number of pyridine rings is 1. The summed E-state index contributed by atoms with van der Waals surface area (Å²) in [5.41, 5.74) is -0.426. The maximum atomic E-state index is 14.0. The van der Waals surface area contributed by atoms with Crippen molar-refractivity contribution in [2.24, 2.45) is 0 Å². The average molecular weight is 620 g/mol. The van der Waals surface area contributed by atoms with E-state index in [-0.39, 0.29) is 42.2 Å². The van der Waals surface area contributed by atoms with Gasteiger partial charge in [-0.3, -0.25) is 19.1 Å². The highest BCUT2D eigenvalue weighted by Gasteiger charge is 2.41. The third kappa shape index (κ3) is 5.82. The van der Waals surface area contributed by atoms with Gasteiger partial charge in [0.2, 0.25) is 0 Å². The lowest BCUT2D eigenvalue weighted by atomic mass is 9.96. The summed E-state index contributed by atoms with van der Waals surface area (Å²) in [4.78, 5) is 43.4. The fourth-order valence-corrected chi connectivity index (χ4v) is 6.07. The lowest BCUT2D eigenvalue weighted by Crippen LogP contribution is -2.45. The molecular formula is C30H33ClF3N5O4. The van der Waals surface area contributed by atoms with Crippen LogP contribution in [0.15, 0.2) is 41.3 Å². The summed E-state index contributed by atoms with van der Waals surface area (Å²) < 4.78 is 43.5. The Hall–Kier alpha value is -3.64. The largest absolute Gasteiger partial charge is 0.417 e. The fourth-order valence-electron chi connectivity index (χ4n) is 5.85. The van der Waals surface area contributed by atoms with Crippen LogP contribution in [0, 0.1) is 0 Å². The zero-order valence-electron chi connectivity index (χ0n) is 24.4. The highest BCUT2D eigenvalue weighted by Crippen LogP contribution is 2.37. The van der Waals surface area contributed by atoms with E-state index in [0.717, 1.165) is 12.1 Å². The molecule has 3 atom stereocenters. The van der Waals surface area contributed by atoms with Crippen LogP contribution < -0.4 is 5.56 Å². The van der Waals surface area contributed by atoms with Gasteiger partial charge in [0.1, 0.15) is 5.69 Å². The summed E-state index contributed by atoms with van der Waals surface area (Å²) in [5.74, 6) is -0.916. The number of nitrogens with zero attached hydrogens (tertiary/aromatic N) is 5. The van der Waals surface area contributed by atoms with Gasteiger partial charge in [-0.05, 0) is 64.4 Å². The van der Waals surface area contributed by atoms with E-state index in [4.69, 9.17) is 16.7 Å². The highest BCUT2D eigenvalue weighted by atomic mass is 35.5. The summed E-state index contributed by atoms with van der Waals surface area (Å²) in [6, 6.07) is 5.24. The standard InChI is InChI=1S/C30H33ClF3N5O4/c1-16-10-24-21(14-37(16)27(41)20-6-7-23(31)22(11-20)30(32,33)34)26-28(42)38(13-17(2)39(26)35-24)18(3)19-8-9-36(25(40)12-19)15-29(4,5)43/h6-9,11-12,16-18,43H,10,13-15H2,1-5H3/t16-,17-,18-/m1/s1. The Morgan fingerprint density at radius 1 is 1.14 bits per heavy atom. The van der Waals surface area contributed by atoms with Gasteiger partial charge in [-0.2, -0.15) is 18.3 Å². The molecule has 3 aromatic rings. The minimum Gasteiger partial charge on any atom is -0.389 e. The van der Waals surface area contributed by atoms with Gasteiger partial charge in [0.15, 0.2) is 0 Å². The number of aliphatic hydroxyl groups is 1. The SMILES string of the molecule is C[C@@H]1Cc2nn3c(c2CN1C(=O)c1ccc(Cl)c(C(F)(F)F)c1)C(=O)N([C@H](C)c1ccn(CC(C)(C)O)c(=O)c1)C[C@H]3C. The molecule has 2 amide bonds. The topological polar surface area (TPSA) is 101 Å². The van der Waals surface area contributed by atoms with Crippen LogP contribution in [0.4, 0.5) is 13.2 Å². The van der Waals surface area contributed by atoms with Crippen LogP contribution in [-0.4, -0.2) is 59.3 Å². The number of aromatic nitrogens is 3. The molecule has 4 heterocycles. The molecule has 43 heavy (non-hydrogen) atoms. The number of fused-ring (bicyclic) bond motifs is 3.